The molecule has 0 saturated heterocycles. The van der Waals surface area contributed by atoms with Crippen LogP contribution in [0.25, 0.3) is 11.5 Å². The number of thioether (sulfide) groups is 1. The van der Waals surface area contributed by atoms with Gasteiger partial charge in [0.05, 0.1) is 18.1 Å². The Kier molecular flexibility index (Phi) is 5.63. The van der Waals surface area contributed by atoms with E-state index in [1.54, 1.807) is 6.26 Å². The van der Waals surface area contributed by atoms with Crippen LogP contribution in [0.4, 0.5) is 0 Å². The molecule has 0 spiro atoms. The van der Waals surface area contributed by atoms with Crippen LogP contribution in [0.3, 0.4) is 0 Å². The molecule has 3 heterocycles. The fourth-order valence-corrected chi connectivity index (χ4v) is 4.21. The monoisotopic (exact) mass is 421 g/mol. The molecule has 7 heteroatoms. The Bertz CT molecular complexity index is 1170. The molecule has 0 aliphatic rings. The molecule has 0 aliphatic heterocycles. The lowest BCUT2D eigenvalue weighted by Gasteiger charge is -2.10. The standard InChI is InChI=1S/C23H23N3O3S/c1-14-8-5-6-10-19(14)22-24-25-23(29-22)30-17(4)21(27)20-12-15(2)26(16(20)3)13-18-9-7-11-28-18/h5-12,17H,13H2,1-4H3/t17-/m1/s1. The number of Topliss-reactive ketones (excluding diaryl/α,β-unsaturated/α-hetero) is 1. The maximum Gasteiger partial charge on any atom is 0.277 e. The van der Waals surface area contributed by atoms with E-state index in [0.29, 0.717) is 23.2 Å². The fraction of sp³-hybridized carbons (Fsp3) is 0.261. The van der Waals surface area contributed by atoms with Crippen LogP contribution in [-0.4, -0.2) is 25.8 Å². The molecule has 3 aromatic heterocycles. The molecule has 0 saturated carbocycles. The zero-order chi connectivity index (χ0) is 21.3. The summed E-state index contributed by atoms with van der Waals surface area (Å²) in [7, 11) is 0. The number of rotatable bonds is 7. The molecule has 0 aliphatic carbocycles. The van der Waals surface area contributed by atoms with Gasteiger partial charge in [0.25, 0.3) is 5.22 Å². The Labute approximate surface area is 179 Å². The summed E-state index contributed by atoms with van der Waals surface area (Å²) in [5.74, 6) is 1.36. The molecule has 0 amide bonds. The van der Waals surface area contributed by atoms with Gasteiger partial charge in [-0.15, -0.1) is 10.2 Å². The van der Waals surface area contributed by atoms with Crippen molar-refractivity contribution in [3.05, 3.63) is 77.0 Å². The van der Waals surface area contributed by atoms with Gasteiger partial charge in [-0.25, -0.2) is 0 Å². The third-order valence-corrected chi connectivity index (χ3v) is 6.10. The lowest BCUT2D eigenvalue weighted by Crippen LogP contribution is -2.15. The van der Waals surface area contributed by atoms with Crippen LogP contribution in [0.1, 0.15) is 40.0 Å². The second kappa shape index (κ2) is 8.36. The summed E-state index contributed by atoms with van der Waals surface area (Å²) >= 11 is 1.28. The number of hydrogen-bond donors (Lipinski definition) is 0. The Morgan fingerprint density at radius 1 is 1.13 bits per heavy atom. The Balaban J connectivity index is 1.50. The molecule has 0 N–H and O–H groups in total. The molecular weight excluding hydrogens is 398 g/mol. The lowest BCUT2D eigenvalue weighted by molar-refractivity contribution is 0.0993. The number of ketones is 1. The maximum atomic E-state index is 13.1. The van der Waals surface area contributed by atoms with Gasteiger partial charge in [-0.3, -0.25) is 4.79 Å². The summed E-state index contributed by atoms with van der Waals surface area (Å²) in [4.78, 5) is 13.1. The maximum absolute atomic E-state index is 13.1. The summed E-state index contributed by atoms with van der Waals surface area (Å²) < 4.78 is 13.4. The van der Waals surface area contributed by atoms with Crippen LogP contribution in [0.5, 0.6) is 0 Å². The Morgan fingerprint density at radius 2 is 1.93 bits per heavy atom. The quantitative estimate of drug-likeness (QED) is 0.291. The minimum Gasteiger partial charge on any atom is -0.467 e. The lowest BCUT2D eigenvalue weighted by atomic mass is 10.1. The highest BCUT2D eigenvalue weighted by Gasteiger charge is 2.24. The predicted octanol–water partition coefficient (Wildman–Crippen LogP) is 5.47. The van der Waals surface area contributed by atoms with Crippen molar-refractivity contribution in [2.45, 2.75) is 44.7 Å². The van der Waals surface area contributed by atoms with Crippen molar-refractivity contribution in [2.24, 2.45) is 0 Å². The second-order valence-electron chi connectivity index (χ2n) is 7.26. The zero-order valence-corrected chi connectivity index (χ0v) is 18.2. The van der Waals surface area contributed by atoms with Crippen molar-refractivity contribution >= 4 is 17.5 Å². The molecule has 4 aromatic rings. The molecule has 4 rings (SSSR count). The van der Waals surface area contributed by atoms with E-state index in [9.17, 15) is 4.79 Å². The normalized spacial score (nSPS) is 12.3. The molecule has 30 heavy (non-hydrogen) atoms. The molecule has 6 nitrogen and oxygen atoms in total. The number of benzene rings is 1. The van der Waals surface area contributed by atoms with E-state index >= 15 is 0 Å². The van der Waals surface area contributed by atoms with Gasteiger partial charge >= 0.3 is 0 Å². The largest absolute Gasteiger partial charge is 0.467 e. The molecule has 1 aromatic carbocycles. The molecule has 0 radical (unpaired) electrons. The SMILES string of the molecule is Cc1ccccc1-c1nnc(S[C@H](C)C(=O)c2cc(C)n(Cc3ccco3)c2C)o1. The van der Waals surface area contributed by atoms with Crippen LogP contribution in [0.15, 0.2) is 62.8 Å². The highest BCUT2D eigenvalue weighted by atomic mass is 32.2. The van der Waals surface area contributed by atoms with Gasteiger partial charge in [-0.1, -0.05) is 30.0 Å². The summed E-state index contributed by atoms with van der Waals surface area (Å²) in [5, 5.41) is 8.30. The van der Waals surface area contributed by atoms with Gasteiger partial charge in [-0.05, 0) is 57.5 Å². The van der Waals surface area contributed by atoms with E-state index in [2.05, 4.69) is 14.8 Å². The Morgan fingerprint density at radius 3 is 2.67 bits per heavy atom. The second-order valence-corrected chi connectivity index (χ2v) is 8.55. The zero-order valence-electron chi connectivity index (χ0n) is 17.4. The van der Waals surface area contributed by atoms with E-state index in [-0.39, 0.29) is 11.0 Å². The smallest absolute Gasteiger partial charge is 0.277 e. The number of carbonyl (C=O) groups excluding carboxylic acids is 1. The van der Waals surface area contributed by atoms with Gasteiger partial charge in [0.1, 0.15) is 5.76 Å². The van der Waals surface area contributed by atoms with Crippen LogP contribution >= 0.6 is 11.8 Å². The highest BCUT2D eigenvalue weighted by Crippen LogP contribution is 2.30. The minimum absolute atomic E-state index is 0.0365. The number of furan rings is 1. The molecular formula is C23H23N3O3S. The van der Waals surface area contributed by atoms with Crippen molar-refractivity contribution in [3.63, 3.8) is 0 Å². The van der Waals surface area contributed by atoms with Crippen LogP contribution in [0.2, 0.25) is 0 Å². The summed E-state index contributed by atoms with van der Waals surface area (Å²) in [5.41, 5.74) is 4.61. The van der Waals surface area contributed by atoms with Crippen LogP contribution < -0.4 is 0 Å². The third kappa shape index (κ3) is 3.98. The number of aryl methyl sites for hydroxylation is 2. The van der Waals surface area contributed by atoms with Gasteiger partial charge < -0.3 is 13.4 Å². The van der Waals surface area contributed by atoms with Gasteiger partial charge in [0.2, 0.25) is 5.89 Å². The van der Waals surface area contributed by atoms with Crippen molar-refractivity contribution < 1.29 is 13.6 Å². The Hall–Kier alpha value is -3.06. The average molecular weight is 422 g/mol. The first kappa shape index (κ1) is 20.2. The predicted molar refractivity (Wildman–Crippen MR) is 116 cm³/mol. The first-order valence-electron chi connectivity index (χ1n) is 9.73. The number of hydrogen-bond acceptors (Lipinski definition) is 6. The van der Waals surface area contributed by atoms with Gasteiger partial charge in [0.15, 0.2) is 5.78 Å². The van der Waals surface area contributed by atoms with Crippen LogP contribution in [-0.2, 0) is 6.54 Å². The molecule has 0 bridgehead atoms. The highest BCUT2D eigenvalue weighted by molar-refractivity contribution is 8.00. The summed E-state index contributed by atoms with van der Waals surface area (Å²) in [6.45, 7) is 8.42. The number of nitrogens with zero attached hydrogens (tertiary/aromatic N) is 3. The van der Waals surface area contributed by atoms with E-state index in [4.69, 9.17) is 8.83 Å². The fourth-order valence-electron chi connectivity index (χ4n) is 3.46. The van der Waals surface area contributed by atoms with E-state index in [0.717, 1.165) is 28.3 Å². The first-order chi connectivity index (χ1) is 14.4. The van der Waals surface area contributed by atoms with E-state index in [1.807, 2.05) is 70.2 Å². The van der Waals surface area contributed by atoms with Crippen molar-refractivity contribution in [2.75, 3.05) is 0 Å². The third-order valence-electron chi connectivity index (χ3n) is 5.16. The van der Waals surface area contributed by atoms with Crippen LogP contribution in [0, 0.1) is 20.8 Å². The van der Waals surface area contributed by atoms with E-state index in [1.165, 1.54) is 11.8 Å². The van der Waals surface area contributed by atoms with Crippen molar-refractivity contribution in [1.29, 1.82) is 0 Å². The minimum atomic E-state index is -0.354. The first-order valence-corrected chi connectivity index (χ1v) is 10.6. The number of aromatic nitrogens is 3. The molecule has 154 valence electrons. The molecule has 0 fully saturated rings. The van der Waals surface area contributed by atoms with E-state index < -0.39 is 0 Å². The summed E-state index contributed by atoms with van der Waals surface area (Å²) in [6, 6.07) is 13.6. The van der Waals surface area contributed by atoms with Gasteiger partial charge in [0, 0.05) is 22.5 Å². The summed E-state index contributed by atoms with van der Waals surface area (Å²) in [6.07, 6.45) is 1.66. The number of carbonyl (C=O) groups is 1. The molecule has 1 atom stereocenters. The van der Waals surface area contributed by atoms with Gasteiger partial charge in [-0.2, -0.15) is 0 Å². The molecule has 0 unspecified atom stereocenters. The average Bonchev–Trinajstić information content (AvgIpc) is 3.46. The van der Waals surface area contributed by atoms with Crippen molar-refractivity contribution in [3.8, 4) is 11.5 Å². The van der Waals surface area contributed by atoms with Crippen molar-refractivity contribution in [1.82, 2.24) is 14.8 Å². The topological polar surface area (TPSA) is 74.1 Å².